The van der Waals surface area contributed by atoms with E-state index in [1.807, 2.05) is 0 Å². The van der Waals surface area contributed by atoms with Gasteiger partial charge in [-0.15, -0.1) is 0 Å². The Bertz CT molecular complexity index is 821. The molecule has 4 nitrogen and oxygen atoms in total. The Labute approximate surface area is 124 Å². The molecule has 0 aliphatic carbocycles. The van der Waals surface area contributed by atoms with Crippen molar-refractivity contribution in [1.29, 1.82) is 0 Å². The van der Waals surface area contributed by atoms with Gasteiger partial charge in [-0.2, -0.15) is 0 Å². The van der Waals surface area contributed by atoms with Gasteiger partial charge in [0.05, 0.1) is 0 Å². The third-order valence-electron chi connectivity index (χ3n) is 3.66. The summed E-state index contributed by atoms with van der Waals surface area (Å²) in [5.41, 5.74) is 2.48. The molecule has 0 unspecified atom stereocenters. The number of phenols is 2. The second-order valence-electron chi connectivity index (χ2n) is 5.28. The summed E-state index contributed by atoms with van der Waals surface area (Å²) >= 11 is 0. The van der Waals surface area contributed by atoms with Crippen LogP contribution in [-0.2, 0) is 9.84 Å². The van der Waals surface area contributed by atoms with Crippen molar-refractivity contribution in [2.45, 2.75) is 37.5 Å². The summed E-state index contributed by atoms with van der Waals surface area (Å²) in [6.07, 6.45) is 0. The van der Waals surface area contributed by atoms with E-state index in [-0.39, 0.29) is 21.3 Å². The van der Waals surface area contributed by atoms with Crippen LogP contribution in [0.1, 0.15) is 22.3 Å². The third kappa shape index (κ3) is 2.49. The van der Waals surface area contributed by atoms with Crippen LogP contribution in [0.3, 0.4) is 0 Å². The zero-order valence-corrected chi connectivity index (χ0v) is 13.2. The van der Waals surface area contributed by atoms with Gasteiger partial charge in [0.1, 0.15) is 21.3 Å². The maximum atomic E-state index is 12.8. The monoisotopic (exact) mass is 306 g/mol. The number of aromatic hydroxyl groups is 2. The Morgan fingerprint density at radius 3 is 1.95 bits per heavy atom. The molecule has 0 saturated heterocycles. The van der Waals surface area contributed by atoms with Crippen LogP contribution >= 0.6 is 0 Å². The van der Waals surface area contributed by atoms with Gasteiger partial charge in [-0.1, -0.05) is 12.1 Å². The zero-order valence-electron chi connectivity index (χ0n) is 12.4. The maximum absolute atomic E-state index is 12.8. The molecule has 0 radical (unpaired) electrons. The predicted octanol–water partition coefficient (Wildman–Crippen LogP) is 3.16. The van der Waals surface area contributed by atoms with Crippen molar-refractivity contribution in [2.75, 3.05) is 0 Å². The molecule has 21 heavy (non-hydrogen) atoms. The average Bonchev–Trinajstić information content (AvgIpc) is 2.38. The number of benzene rings is 2. The molecule has 0 aromatic heterocycles. The molecule has 0 bridgehead atoms. The lowest BCUT2D eigenvalue weighted by atomic mass is 10.1. The molecule has 0 heterocycles. The van der Waals surface area contributed by atoms with Crippen molar-refractivity contribution in [3.63, 3.8) is 0 Å². The van der Waals surface area contributed by atoms with Gasteiger partial charge in [0.2, 0.25) is 9.84 Å². The lowest BCUT2D eigenvalue weighted by Crippen LogP contribution is -2.06. The molecule has 2 N–H and O–H groups in total. The van der Waals surface area contributed by atoms with Crippen molar-refractivity contribution in [2.24, 2.45) is 0 Å². The maximum Gasteiger partial charge on any atom is 0.214 e. The third-order valence-corrected chi connectivity index (χ3v) is 5.62. The van der Waals surface area contributed by atoms with E-state index < -0.39 is 9.84 Å². The minimum absolute atomic E-state index is 0.152. The summed E-state index contributed by atoms with van der Waals surface area (Å²) in [5.74, 6) is -0.578. The van der Waals surface area contributed by atoms with E-state index >= 15 is 0 Å². The highest BCUT2D eigenvalue weighted by molar-refractivity contribution is 7.91. The summed E-state index contributed by atoms with van der Waals surface area (Å²) in [5, 5.41) is 20.1. The second-order valence-corrected chi connectivity index (χ2v) is 7.14. The molecule has 0 fully saturated rings. The lowest BCUT2D eigenvalue weighted by molar-refractivity contribution is 0.449. The van der Waals surface area contributed by atoms with Gasteiger partial charge >= 0.3 is 0 Å². The van der Waals surface area contributed by atoms with E-state index in [1.54, 1.807) is 39.8 Å². The normalized spacial score (nSPS) is 11.6. The summed E-state index contributed by atoms with van der Waals surface area (Å²) in [4.78, 5) is -0.337. The molecule has 2 aromatic carbocycles. The van der Waals surface area contributed by atoms with E-state index in [2.05, 4.69) is 0 Å². The number of rotatable bonds is 2. The molecule has 0 amide bonds. The van der Waals surface area contributed by atoms with Gasteiger partial charge in [0, 0.05) is 0 Å². The quantitative estimate of drug-likeness (QED) is 0.893. The Balaban J connectivity index is 2.81. The Morgan fingerprint density at radius 1 is 0.810 bits per heavy atom. The molecule has 0 aliphatic rings. The largest absolute Gasteiger partial charge is 0.507 e. The summed E-state index contributed by atoms with van der Waals surface area (Å²) in [6.45, 7) is 6.82. The van der Waals surface area contributed by atoms with Crippen molar-refractivity contribution in [1.82, 2.24) is 0 Å². The molecule has 0 spiro atoms. The van der Waals surface area contributed by atoms with Crippen LogP contribution in [0.2, 0.25) is 0 Å². The number of phenolic OH excluding ortho intramolecular Hbond substituents is 2. The smallest absolute Gasteiger partial charge is 0.214 e. The molecule has 0 aliphatic heterocycles. The average molecular weight is 306 g/mol. The molecule has 2 rings (SSSR count). The van der Waals surface area contributed by atoms with Crippen molar-refractivity contribution < 1.29 is 18.6 Å². The van der Waals surface area contributed by atoms with Crippen molar-refractivity contribution >= 4 is 9.84 Å². The van der Waals surface area contributed by atoms with Crippen LogP contribution in [0.4, 0.5) is 0 Å². The summed E-state index contributed by atoms with van der Waals surface area (Å²) < 4.78 is 25.6. The van der Waals surface area contributed by atoms with Crippen LogP contribution in [0.5, 0.6) is 11.5 Å². The van der Waals surface area contributed by atoms with E-state index in [4.69, 9.17) is 0 Å². The molecule has 2 aromatic rings. The number of aryl methyl sites for hydroxylation is 4. The minimum Gasteiger partial charge on any atom is -0.507 e. The molecular formula is C16H18O4S. The number of hydrogen-bond acceptors (Lipinski definition) is 4. The lowest BCUT2D eigenvalue weighted by Gasteiger charge is -2.14. The first kappa shape index (κ1) is 15.4. The van der Waals surface area contributed by atoms with Gasteiger partial charge < -0.3 is 10.2 Å². The Kier molecular flexibility index (Phi) is 3.72. The summed E-state index contributed by atoms with van der Waals surface area (Å²) in [7, 11) is -3.99. The van der Waals surface area contributed by atoms with E-state index in [0.717, 1.165) is 11.1 Å². The first-order valence-corrected chi connectivity index (χ1v) is 7.99. The van der Waals surface area contributed by atoms with Crippen LogP contribution in [-0.4, -0.2) is 18.6 Å². The zero-order chi connectivity index (χ0) is 15.9. The first-order valence-electron chi connectivity index (χ1n) is 6.50. The molecule has 5 heteroatoms. The fourth-order valence-electron chi connectivity index (χ4n) is 2.21. The Morgan fingerprint density at radius 2 is 1.33 bits per heavy atom. The highest BCUT2D eigenvalue weighted by Gasteiger charge is 2.28. The van der Waals surface area contributed by atoms with E-state index in [9.17, 15) is 18.6 Å². The van der Waals surface area contributed by atoms with Crippen molar-refractivity contribution in [3.05, 3.63) is 46.5 Å². The van der Waals surface area contributed by atoms with E-state index in [0.29, 0.717) is 11.1 Å². The highest BCUT2D eigenvalue weighted by Crippen LogP contribution is 2.37. The first-order chi connectivity index (χ1) is 9.66. The highest BCUT2D eigenvalue weighted by atomic mass is 32.2. The van der Waals surface area contributed by atoms with Crippen LogP contribution in [0.15, 0.2) is 34.1 Å². The fraction of sp³-hybridized carbons (Fsp3) is 0.250. The van der Waals surface area contributed by atoms with Gasteiger partial charge in [-0.05, 0) is 62.1 Å². The molecular weight excluding hydrogens is 288 g/mol. The molecule has 0 saturated carbocycles. The number of sulfone groups is 1. The fourth-order valence-corrected chi connectivity index (χ4v) is 4.00. The summed E-state index contributed by atoms with van der Waals surface area (Å²) in [6, 6.07) is 6.15. The minimum atomic E-state index is -3.99. The topological polar surface area (TPSA) is 74.6 Å². The molecule has 112 valence electrons. The van der Waals surface area contributed by atoms with E-state index in [1.165, 1.54) is 12.1 Å². The SMILES string of the molecule is Cc1cc(O)c(S(=O)(=O)c2c(C)ccc(C)c2O)cc1C. The molecule has 0 atom stereocenters. The van der Waals surface area contributed by atoms with Crippen molar-refractivity contribution in [3.8, 4) is 11.5 Å². The Hall–Kier alpha value is -2.01. The van der Waals surface area contributed by atoms with Gasteiger partial charge in [0.25, 0.3) is 0 Å². The number of hydrogen-bond donors (Lipinski definition) is 2. The predicted molar refractivity (Wildman–Crippen MR) is 80.6 cm³/mol. The van der Waals surface area contributed by atoms with Gasteiger partial charge in [-0.25, -0.2) is 8.42 Å². The second kappa shape index (κ2) is 5.07. The standard InChI is InChI=1S/C16H18O4S/c1-9-5-6-10(2)16(15(9)18)21(19,20)14-8-12(4)11(3)7-13(14)17/h5-8,17-18H,1-4H3. The van der Waals surface area contributed by atoms with Gasteiger partial charge in [-0.3, -0.25) is 0 Å². The van der Waals surface area contributed by atoms with Crippen LogP contribution in [0, 0.1) is 27.7 Å². The van der Waals surface area contributed by atoms with Crippen LogP contribution < -0.4 is 0 Å². The van der Waals surface area contributed by atoms with Gasteiger partial charge in [0.15, 0.2) is 0 Å². The van der Waals surface area contributed by atoms with Crippen LogP contribution in [0.25, 0.3) is 0 Å².